The van der Waals surface area contributed by atoms with E-state index in [2.05, 4.69) is 13.2 Å². The summed E-state index contributed by atoms with van der Waals surface area (Å²) >= 11 is 0. The summed E-state index contributed by atoms with van der Waals surface area (Å²) in [4.78, 5) is 23.0. The van der Waals surface area contributed by atoms with Crippen molar-refractivity contribution in [1.82, 2.24) is 0 Å². The second-order valence-electron chi connectivity index (χ2n) is 7.41. The molecule has 0 fully saturated rings. The lowest BCUT2D eigenvalue weighted by atomic mass is 10.1. The van der Waals surface area contributed by atoms with Crippen molar-refractivity contribution in [2.45, 2.75) is 20.8 Å². The highest BCUT2D eigenvalue weighted by molar-refractivity contribution is 5.89. The Kier molecular flexibility index (Phi) is 7.31. The van der Waals surface area contributed by atoms with E-state index in [-0.39, 0.29) is 0 Å². The van der Waals surface area contributed by atoms with Crippen molar-refractivity contribution in [3.63, 3.8) is 0 Å². The van der Waals surface area contributed by atoms with Crippen LogP contribution in [0.4, 0.5) is 0 Å². The molecule has 0 spiro atoms. The van der Waals surface area contributed by atoms with Gasteiger partial charge in [0.05, 0.1) is 0 Å². The molecule has 0 saturated heterocycles. The molecule has 33 heavy (non-hydrogen) atoms. The molecule has 3 aromatic rings. The lowest BCUT2D eigenvalue weighted by Crippen LogP contribution is -2.08. The fourth-order valence-electron chi connectivity index (χ4n) is 2.80. The first-order chi connectivity index (χ1) is 15.7. The lowest BCUT2D eigenvalue weighted by Gasteiger charge is -2.08. The molecular formula is C27H24O6. The monoisotopic (exact) mass is 444 g/mol. The minimum atomic E-state index is -0.517. The van der Waals surface area contributed by atoms with Crippen LogP contribution in [-0.2, 0) is 14.3 Å². The van der Waals surface area contributed by atoms with E-state index in [0.717, 1.165) is 23.0 Å². The van der Waals surface area contributed by atoms with Crippen molar-refractivity contribution in [2.24, 2.45) is 0 Å². The smallest absolute Gasteiger partial charge is 0.338 e. The molecule has 1 heterocycles. The Hall–Kier alpha value is -4.32. The SMILES string of the molecule is C=C(C)C(=O)O/C=C\Oc1ccc(-c2ccc(-c3ccc(OC(=O)C(=C)C)cc3C)o2)cc1. The Morgan fingerprint density at radius 2 is 1.45 bits per heavy atom. The fraction of sp³-hybridized carbons (Fsp3) is 0.111. The number of esters is 2. The Bertz CT molecular complexity index is 1230. The van der Waals surface area contributed by atoms with Gasteiger partial charge in [0.1, 0.15) is 35.5 Å². The molecule has 168 valence electrons. The van der Waals surface area contributed by atoms with E-state index in [1.807, 2.05) is 37.3 Å². The third-order valence-electron chi connectivity index (χ3n) is 4.55. The Morgan fingerprint density at radius 3 is 2.09 bits per heavy atom. The molecule has 1 aromatic heterocycles. The summed E-state index contributed by atoms with van der Waals surface area (Å²) in [5.41, 5.74) is 3.32. The Labute approximate surface area is 192 Å². The number of hydrogen-bond acceptors (Lipinski definition) is 6. The molecule has 0 aliphatic carbocycles. The molecule has 6 heteroatoms. The van der Waals surface area contributed by atoms with Gasteiger partial charge in [0.15, 0.2) is 0 Å². The molecule has 0 radical (unpaired) electrons. The highest BCUT2D eigenvalue weighted by Crippen LogP contribution is 2.32. The second kappa shape index (κ2) is 10.3. The van der Waals surface area contributed by atoms with Gasteiger partial charge in [-0.25, -0.2) is 9.59 Å². The second-order valence-corrected chi connectivity index (χ2v) is 7.41. The van der Waals surface area contributed by atoms with Crippen LogP contribution in [-0.4, -0.2) is 11.9 Å². The molecule has 0 atom stereocenters. The number of ether oxygens (including phenoxy) is 3. The molecular weight excluding hydrogens is 420 g/mol. The van der Waals surface area contributed by atoms with Gasteiger partial charge in [-0.1, -0.05) is 13.2 Å². The summed E-state index contributed by atoms with van der Waals surface area (Å²) in [5.74, 6) is 1.44. The van der Waals surface area contributed by atoms with Gasteiger partial charge in [0.2, 0.25) is 0 Å². The molecule has 0 aliphatic rings. The number of carbonyl (C=O) groups is 2. The van der Waals surface area contributed by atoms with E-state index in [1.54, 1.807) is 38.1 Å². The van der Waals surface area contributed by atoms with Crippen molar-refractivity contribution in [2.75, 3.05) is 0 Å². The number of carbonyl (C=O) groups excluding carboxylic acids is 2. The van der Waals surface area contributed by atoms with Crippen molar-refractivity contribution in [1.29, 1.82) is 0 Å². The summed E-state index contributed by atoms with van der Waals surface area (Å²) in [7, 11) is 0. The average Bonchev–Trinajstić information content (AvgIpc) is 3.26. The van der Waals surface area contributed by atoms with E-state index >= 15 is 0 Å². The molecule has 2 aromatic carbocycles. The van der Waals surface area contributed by atoms with Crippen LogP contribution < -0.4 is 9.47 Å². The van der Waals surface area contributed by atoms with E-state index < -0.39 is 11.9 Å². The number of furan rings is 1. The highest BCUT2D eigenvalue weighted by atomic mass is 16.5. The first-order valence-corrected chi connectivity index (χ1v) is 10.1. The molecule has 6 nitrogen and oxygen atoms in total. The van der Waals surface area contributed by atoms with E-state index in [9.17, 15) is 9.59 Å². The van der Waals surface area contributed by atoms with Gasteiger partial charge in [-0.15, -0.1) is 0 Å². The van der Waals surface area contributed by atoms with Gasteiger partial charge in [-0.3, -0.25) is 0 Å². The standard InChI is InChI=1S/C27H24O6/c1-17(2)26(28)31-15-14-30-21-8-6-20(7-9-21)24-12-13-25(33-24)23-11-10-22(16-19(23)5)32-27(29)18(3)4/h6-16H,1,3H2,2,4-5H3/b15-14-. The van der Waals surface area contributed by atoms with E-state index in [1.165, 1.54) is 6.26 Å². The van der Waals surface area contributed by atoms with Crippen LogP contribution in [0, 0.1) is 6.92 Å². The van der Waals surface area contributed by atoms with Gasteiger partial charge < -0.3 is 18.6 Å². The van der Waals surface area contributed by atoms with Gasteiger partial charge in [0.25, 0.3) is 0 Å². The summed E-state index contributed by atoms with van der Waals surface area (Å²) in [6, 6.07) is 16.4. The zero-order valence-corrected chi connectivity index (χ0v) is 18.7. The predicted molar refractivity (Wildman–Crippen MR) is 125 cm³/mol. The third-order valence-corrected chi connectivity index (χ3v) is 4.55. The van der Waals surface area contributed by atoms with Crippen molar-refractivity contribution in [3.8, 4) is 34.1 Å². The first-order valence-electron chi connectivity index (χ1n) is 10.1. The van der Waals surface area contributed by atoms with Crippen LogP contribution in [0.25, 0.3) is 22.6 Å². The summed E-state index contributed by atoms with van der Waals surface area (Å²) in [5, 5.41) is 0. The van der Waals surface area contributed by atoms with Gasteiger partial charge in [-0.05, 0) is 80.9 Å². The lowest BCUT2D eigenvalue weighted by molar-refractivity contribution is -0.133. The molecule has 0 amide bonds. The van der Waals surface area contributed by atoms with E-state index in [4.69, 9.17) is 18.6 Å². The molecule has 0 unspecified atom stereocenters. The maximum absolute atomic E-state index is 11.7. The van der Waals surface area contributed by atoms with Gasteiger partial charge >= 0.3 is 11.9 Å². The maximum Gasteiger partial charge on any atom is 0.338 e. The normalized spacial score (nSPS) is 10.6. The van der Waals surface area contributed by atoms with Crippen LogP contribution in [0.5, 0.6) is 11.5 Å². The quantitative estimate of drug-likeness (QED) is 0.174. The topological polar surface area (TPSA) is 75.0 Å². The van der Waals surface area contributed by atoms with Gasteiger partial charge in [0, 0.05) is 22.3 Å². The number of rotatable bonds is 8. The molecule has 3 rings (SSSR count). The minimum absolute atomic E-state index is 0.305. The van der Waals surface area contributed by atoms with Crippen molar-refractivity contribution >= 4 is 11.9 Å². The van der Waals surface area contributed by atoms with Crippen LogP contribution >= 0.6 is 0 Å². The number of aryl methyl sites for hydroxylation is 1. The summed E-state index contributed by atoms with van der Waals surface area (Å²) in [6.07, 6.45) is 2.44. The van der Waals surface area contributed by atoms with Crippen molar-refractivity contribution < 1.29 is 28.2 Å². The van der Waals surface area contributed by atoms with Crippen LogP contribution in [0.1, 0.15) is 19.4 Å². The first kappa shape index (κ1) is 23.3. The summed E-state index contributed by atoms with van der Waals surface area (Å²) in [6.45, 7) is 12.2. The molecule has 0 saturated carbocycles. The van der Waals surface area contributed by atoms with Crippen LogP contribution in [0.2, 0.25) is 0 Å². The zero-order chi connectivity index (χ0) is 24.0. The largest absolute Gasteiger partial charge is 0.462 e. The summed E-state index contributed by atoms with van der Waals surface area (Å²) < 4.78 is 21.5. The zero-order valence-electron chi connectivity index (χ0n) is 18.7. The Balaban J connectivity index is 1.67. The third kappa shape index (κ3) is 6.11. The van der Waals surface area contributed by atoms with E-state index in [0.29, 0.717) is 34.2 Å². The predicted octanol–water partition coefficient (Wildman–Crippen LogP) is 6.37. The van der Waals surface area contributed by atoms with Crippen molar-refractivity contribution in [3.05, 3.63) is 97.0 Å². The average molecular weight is 444 g/mol. The minimum Gasteiger partial charge on any atom is -0.462 e. The van der Waals surface area contributed by atoms with Crippen LogP contribution in [0.3, 0.4) is 0 Å². The highest BCUT2D eigenvalue weighted by Gasteiger charge is 2.12. The van der Waals surface area contributed by atoms with Crippen LogP contribution in [0.15, 0.2) is 95.8 Å². The molecule has 0 aliphatic heterocycles. The maximum atomic E-state index is 11.7. The fourth-order valence-corrected chi connectivity index (χ4v) is 2.80. The number of benzene rings is 2. The molecule has 0 N–H and O–H groups in total. The Morgan fingerprint density at radius 1 is 0.818 bits per heavy atom. The number of hydrogen-bond donors (Lipinski definition) is 0. The van der Waals surface area contributed by atoms with Gasteiger partial charge in [-0.2, -0.15) is 0 Å². The molecule has 0 bridgehead atoms.